The molecule has 1 aromatic carbocycles. The van der Waals surface area contributed by atoms with Gasteiger partial charge in [-0.2, -0.15) is 12.6 Å². The lowest BCUT2D eigenvalue weighted by molar-refractivity contribution is -0.145. The average Bonchev–Trinajstić information content (AvgIpc) is 3.18. The lowest BCUT2D eigenvalue weighted by Crippen LogP contribution is -2.50. The summed E-state index contributed by atoms with van der Waals surface area (Å²) >= 11 is 4.71. The van der Waals surface area contributed by atoms with Crippen LogP contribution in [0, 0.1) is 11.8 Å². The Labute approximate surface area is 295 Å². The molecule has 1 radical (unpaired) electrons. The van der Waals surface area contributed by atoms with Gasteiger partial charge in [-0.15, -0.1) is 0 Å². The van der Waals surface area contributed by atoms with Crippen LogP contribution < -0.4 is 10.4 Å². The predicted octanol–water partition coefficient (Wildman–Crippen LogP) is 9.79. The molecule has 4 rings (SSSR count). The molecule has 1 saturated carbocycles. The molecule has 267 valence electrons. The number of ether oxygens (including phenoxy) is 1. The third-order valence-corrected chi connectivity index (χ3v) is 11.2. The highest BCUT2D eigenvalue weighted by Crippen LogP contribution is 2.51. The second kappa shape index (κ2) is 19.2. The summed E-state index contributed by atoms with van der Waals surface area (Å²) in [5, 5.41) is 0. The van der Waals surface area contributed by atoms with Gasteiger partial charge < -0.3 is 14.3 Å². The van der Waals surface area contributed by atoms with E-state index in [0.717, 1.165) is 68.6 Å². The molecule has 1 amide bonds. The summed E-state index contributed by atoms with van der Waals surface area (Å²) in [6.07, 6.45) is 15.2. The molecule has 1 aromatic rings. The maximum absolute atomic E-state index is 13.9. The van der Waals surface area contributed by atoms with Gasteiger partial charge in [0.1, 0.15) is 6.10 Å². The number of rotatable bonds is 16. The van der Waals surface area contributed by atoms with Crippen molar-refractivity contribution in [3.63, 3.8) is 0 Å². The van der Waals surface area contributed by atoms with Crippen molar-refractivity contribution < 1.29 is 19.0 Å². The normalized spacial score (nSPS) is 21.5. The number of amides is 1. The van der Waals surface area contributed by atoms with E-state index in [1.165, 1.54) is 44.1 Å². The fraction of sp³-hybridized carbons (Fsp3) is 0.800. The SMILES string of the molecule is CC(C)C(=O)C1CCO1.CCCC1(CCC)C(=O)N(C2CC(CC)C2)c2cc([B]OC(C)(C)C(C)(C)S)ccc21.CCCCCCC. The van der Waals surface area contributed by atoms with E-state index in [1.807, 2.05) is 21.3 Å². The first-order chi connectivity index (χ1) is 22.1. The van der Waals surface area contributed by atoms with Crippen LogP contribution in [0.3, 0.4) is 0 Å². The second-order valence-electron chi connectivity index (χ2n) is 15.5. The number of hydrogen-bond donors (Lipinski definition) is 1. The van der Waals surface area contributed by atoms with Gasteiger partial charge in [0.05, 0.1) is 17.6 Å². The molecule has 2 aliphatic heterocycles. The molecule has 0 N–H and O–H groups in total. The number of anilines is 1. The first kappa shape index (κ1) is 41.9. The van der Waals surface area contributed by atoms with Crippen molar-refractivity contribution in [2.24, 2.45) is 11.8 Å². The van der Waals surface area contributed by atoms with Crippen LogP contribution in [0.5, 0.6) is 0 Å². The zero-order valence-electron chi connectivity index (χ0n) is 32.0. The van der Waals surface area contributed by atoms with E-state index in [2.05, 4.69) is 85.4 Å². The Morgan fingerprint density at radius 2 is 1.57 bits per heavy atom. The molecule has 0 bridgehead atoms. The number of Topliss-reactive ketones (excluding diaryl/α,β-unsaturated/α-hetero) is 1. The van der Waals surface area contributed by atoms with Gasteiger partial charge in [0.25, 0.3) is 0 Å². The van der Waals surface area contributed by atoms with Gasteiger partial charge in [-0.3, -0.25) is 9.59 Å². The highest BCUT2D eigenvalue weighted by Gasteiger charge is 2.53. The third-order valence-electron chi connectivity index (χ3n) is 10.7. The second-order valence-corrected chi connectivity index (χ2v) is 16.6. The molecule has 1 aliphatic carbocycles. The molecule has 1 unspecified atom stereocenters. The van der Waals surface area contributed by atoms with Gasteiger partial charge >= 0.3 is 7.48 Å². The van der Waals surface area contributed by atoms with Crippen LogP contribution in [0.1, 0.15) is 165 Å². The van der Waals surface area contributed by atoms with Crippen molar-refractivity contribution in [3.05, 3.63) is 23.8 Å². The monoisotopic (exact) mass is 671 g/mol. The first-order valence-corrected chi connectivity index (χ1v) is 19.4. The van der Waals surface area contributed by atoms with Crippen LogP contribution in [-0.2, 0) is 24.4 Å². The molecule has 47 heavy (non-hydrogen) atoms. The van der Waals surface area contributed by atoms with Gasteiger partial charge in [0, 0.05) is 28.8 Å². The largest absolute Gasteiger partial charge is 0.428 e. The Balaban J connectivity index is 0.000000392. The molecule has 0 spiro atoms. The number of fused-ring (bicyclic) bond motifs is 1. The van der Waals surface area contributed by atoms with Gasteiger partial charge in [-0.05, 0) is 70.9 Å². The quantitative estimate of drug-likeness (QED) is 0.108. The summed E-state index contributed by atoms with van der Waals surface area (Å²) in [6.45, 7) is 24.0. The van der Waals surface area contributed by atoms with E-state index < -0.39 is 5.60 Å². The fourth-order valence-electron chi connectivity index (χ4n) is 6.62. The maximum atomic E-state index is 13.9. The Hall–Kier alpha value is -1.31. The molecule has 1 saturated heterocycles. The van der Waals surface area contributed by atoms with Crippen LogP contribution >= 0.6 is 12.6 Å². The zero-order chi connectivity index (χ0) is 35.4. The first-order valence-electron chi connectivity index (χ1n) is 19.0. The highest BCUT2D eigenvalue weighted by atomic mass is 32.1. The smallest absolute Gasteiger partial charge is 0.330 e. The Bertz CT molecular complexity index is 1090. The topological polar surface area (TPSA) is 55.8 Å². The van der Waals surface area contributed by atoms with Gasteiger partial charge in [-0.1, -0.05) is 117 Å². The summed E-state index contributed by atoms with van der Waals surface area (Å²) in [4.78, 5) is 27.1. The number of carbonyl (C=O) groups excluding carboxylic acids is 2. The molecule has 1 atom stereocenters. The summed E-state index contributed by atoms with van der Waals surface area (Å²) in [7, 11) is 1.84. The zero-order valence-corrected chi connectivity index (χ0v) is 32.9. The Morgan fingerprint density at radius 1 is 1.00 bits per heavy atom. The minimum absolute atomic E-state index is 0.0648. The van der Waals surface area contributed by atoms with Crippen molar-refractivity contribution in [2.45, 2.75) is 188 Å². The van der Waals surface area contributed by atoms with E-state index in [-0.39, 0.29) is 28.0 Å². The standard InChI is InChI=1S/C26H41BNO2S.C7H12O2.C7H16/c1-8-13-26(14-9-2)21-12-11-19(27-30-24(4,5)25(6,7)31)17-22(21)28(23(26)29)20-15-18(10-3)16-20;1-5(2)7(8)6-3-4-9-6;1-3-5-7-6-4-2/h11-12,17-18,20,31H,8-10,13-16H2,1-7H3;5-6H,3-4H2,1-2H3;3-7H2,1-2H3. The number of ketones is 1. The van der Waals surface area contributed by atoms with Gasteiger partial charge in [-0.25, -0.2) is 0 Å². The number of unbranched alkanes of at least 4 members (excludes halogenated alkanes) is 4. The minimum Gasteiger partial charge on any atom is -0.428 e. The molecule has 2 fully saturated rings. The van der Waals surface area contributed by atoms with E-state index in [4.69, 9.17) is 22.0 Å². The van der Waals surface area contributed by atoms with Crippen molar-refractivity contribution in [3.8, 4) is 0 Å². The fourth-order valence-corrected chi connectivity index (χ4v) is 6.67. The lowest BCUT2D eigenvalue weighted by atomic mass is 9.73. The molecular weight excluding hydrogens is 601 g/mol. The number of benzene rings is 1. The van der Waals surface area contributed by atoms with Crippen LogP contribution in [0.15, 0.2) is 18.2 Å². The van der Waals surface area contributed by atoms with Crippen molar-refractivity contribution in [1.82, 2.24) is 0 Å². The molecule has 7 heteroatoms. The molecule has 5 nitrogen and oxygen atoms in total. The summed E-state index contributed by atoms with van der Waals surface area (Å²) in [6, 6.07) is 6.84. The molecular formula is C40H69BNO4S. The van der Waals surface area contributed by atoms with Gasteiger partial charge in [0.2, 0.25) is 5.91 Å². The average molecular weight is 671 g/mol. The molecule has 2 heterocycles. The highest BCUT2D eigenvalue weighted by molar-refractivity contribution is 7.81. The number of carbonyl (C=O) groups is 2. The molecule has 0 aromatic heterocycles. The molecule has 3 aliphatic rings. The number of thiol groups is 1. The van der Waals surface area contributed by atoms with E-state index >= 15 is 0 Å². The number of hydrogen-bond acceptors (Lipinski definition) is 5. The van der Waals surface area contributed by atoms with Crippen LogP contribution in [0.2, 0.25) is 0 Å². The van der Waals surface area contributed by atoms with Crippen LogP contribution in [0.25, 0.3) is 0 Å². The Morgan fingerprint density at radius 3 is 1.98 bits per heavy atom. The lowest BCUT2D eigenvalue weighted by Gasteiger charge is -2.42. The minimum atomic E-state index is -0.416. The summed E-state index contributed by atoms with van der Waals surface area (Å²) in [5.41, 5.74) is 2.58. The predicted molar refractivity (Wildman–Crippen MR) is 204 cm³/mol. The van der Waals surface area contributed by atoms with Crippen LogP contribution in [-0.4, -0.2) is 48.3 Å². The van der Waals surface area contributed by atoms with Crippen molar-refractivity contribution in [2.75, 3.05) is 11.5 Å². The Kier molecular flexibility index (Phi) is 17.1. The summed E-state index contributed by atoms with van der Waals surface area (Å²) in [5.74, 6) is 1.47. The van der Waals surface area contributed by atoms with E-state index in [0.29, 0.717) is 11.9 Å². The summed E-state index contributed by atoms with van der Waals surface area (Å²) < 4.78 is 10.9. The third kappa shape index (κ3) is 10.8. The van der Waals surface area contributed by atoms with E-state index in [1.54, 1.807) is 0 Å². The maximum Gasteiger partial charge on any atom is 0.330 e. The van der Waals surface area contributed by atoms with E-state index in [9.17, 15) is 9.59 Å². The van der Waals surface area contributed by atoms with Gasteiger partial charge in [0.15, 0.2) is 5.78 Å². The van der Waals surface area contributed by atoms with Crippen molar-refractivity contribution >= 4 is 43.0 Å². The number of nitrogens with zero attached hydrogens (tertiary/aromatic N) is 1. The van der Waals surface area contributed by atoms with Crippen LogP contribution in [0.4, 0.5) is 5.69 Å². The van der Waals surface area contributed by atoms with Crippen molar-refractivity contribution in [1.29, 1.82) is 0 Å².